The first kappa shape index (κ1) is 14.4. The molecule has 0 saturated carbocycles. The first-order chi connectivity index (χ1) is 8.36. The number of hydrogen-bond donors (Lipinski definition) is 2. The Morgan fingerprint density at radius 3 is 2.67 bits per heavy atom. The molecule has 0 saturated heterocycles. The van der Waals surface area contributed by atoms with Crippen molar-refractivity contribution in [3.8, 4) is 0 Å². The van der Waals surface area contributed by atoms with Crippen LogP contribution in [0.25, 0.3) is 0 Å². The fraction of sp³-hybridized carbons (Fsp3) is 0.111. The van der Waals surface area contributed by atoms with Crippen LogP contribution in [0, 0.1) is 10.1 Å². The quantitative estimate of drug-likeness (QED) is 0.287. The Morgan fingerprint density at radius 1 is 1.61 bits per heavy atom. The standard InChI is InChI=1S/C9H7BrClN3O4/c10-5-1-4(9(15)16)2-6(14(17)18)8(5)13-7(12)3-11/h1-2H,3H2,(H2,12,13)(H,15,16). The highest BCUT2D eigenvalue weighted by atomic mass is 79.9. The lowest BCUT2D eigenvalue weighted by Gasteiger charge is -2.03. The van der Waals surface area contributed by atoms with E-state index < -0.39 is 16.6 Å². The second kappa shape index (κ2) is 5.78. The molecule has 1 aromatic carbocycles. The van der Waals surface area contributed by atoms with E-state index in [0.717, 1.165) is 6.07 Å². The number of halogens is 2. The van der Waals surface area contributed by atoms with Crippen LogP contribution in [0.15, 0.2) is 21.6 Å². The first-order valence-corrected chi connectivity index (χ1v) is 5.79. The number of hydrogen-bond acceptors (Lipinski definition) is 4. The predicted octanol–water partition coefficient (Wildman–Crippen LogP) is 2.28. The molecule has 3 N–H and O–H groups in total. The summed E-state index contributed by atoms with van der Waals surface area (Å²) in [6.07, 6.45) is 0. The number of carboxylic acids is 1. The number of nitrogens with zero attached hydrogens (tertiary/aromatic N) is 2. The summed E-state index contributed by atoms with van der Waals surface area (Å²) >= 11 is 8.45. The van der Waals surface area contributed by atoms with Crippen molar-refractivity contribution in [3.63, 3.8) is 0 Å². The highest BCUT2D eigenvalue weighted by molar-refractivity contribution is 9.10. The number of alkyl halides is 1. The van der Waals surface area contributed by atoms with Crippen LogP contribution in [-0.2, 0) is 0 Å². The zero-order chi connectivity index (χ0) is 13.9. The number of aromatic carboxylic acids is 1. The number of carbonyl (C=O) groups is 1. The monoisotopic (exact) mass is 335 g/mol. The lowest BCUT2D eigenvalue weighted by atomic mass is 10.2. The zero-order valence-electron chi connectivity index (χ0n) is 8.76. The molecule has 9 heteroatoms. The van der Waals surface area contributed by atoms with Crippen molar-refractivity contribution in [2.75, 3.05) is 5.88 Å². The highest BCUT2D eigenvalue weighted by Crippen LogP contribution is 2.36. The van der Waals surface area contributed by atoms with Gasteiger partial charge in [-0.3, -0.25) is 10.1 Å². The maximum absolute atomic E-state index is 10.9. The fourth-order valence-corrected chi connectivity index (χ4v) is 1.73. The number of nitrogens with two attached hydrogens (primary N) is 1. The highest BCUT2D eigenvalue weighted by Gasteiger charge is 2.21. The number of aliphatic imine (C=N–C) groups is 1. The van der Waals surface area contributed by atoms with Gasteiger partial charge in [0.2, 0.25) is 0 Å². The molecule has 0 aliphatic carbocycles. The third kappa shape index (κ3) is 3.17. The van der Waals surface area contributed by atoms with E-state index in [4.69, 9.17) is 22.4 Å². The zero-order valence-corrected chi connectivity index (χ0v) is 11.1. The van der Waals surface area contributed by atoms with Crippen molar-refractivity contribution >= 4 is 50.7 Å². The van der Waals surface area contributed by atoms with E-state index >= 15 is 0 Å². The molecule has 1 aromatic rings. The molecule has 0 bridgehead atoms. The van der Waals surface area contributed by atoms with Crippen molar-refractivity contribution < 1.29 is 14.8 Å². The van der Waals surface area contributed by atoms with Crippen LogP contribution in [0.4, 0.5) is 11.4 Å². The summed E-state index contributed by atoms with van der Waals surface area (Å²) in [7, 11) is 0. The summed E-state index contributed by atoms with van der Waals surface area (Å²) in [5, 5.41) is 19.7. The molecule has 18 heavy (non-hydrogen) atoms. The Kier molecular flexibility index (Phi) is 4.62. The molecule has 7 nitrogen and oxygen atoms in total. The van der Waals surface area contributed by atoms with Crippen molar-refractivity contribution in [1.29, 1.82) is 0 Å². The van der Waals surface area contributed by atoms with Gasteiger partial charge in [0.1, 0.15) is 5.84 Å². The summed E-state index contributed by atoms with van der Waals surface area (Å²) < 4.78 is 0.155. The summed E-state index contributed by atoms with van der Waals surface area (Å²) in [6, 6.07) is 2.11. The number of amidine groups is 1. The van der Waals surface area contributed by atoms with Crippen molar-refractivity contribution in [3.05, 3.63) is 32.3 Å². The van der Waals surface area contributed by atoms with Gasteiger partial charge in [-0.2, -0.15) is 0 Å². The van der Waals surface area contributed by atoms with E-state index in [2.05, 4.69) is 20.9 Å². The van der Waals surface area contributed by atoms with Gasteiger partial charge in [-0.05, 0) is 22.0 Å². The van der Waals surface area contributed by atoms with E-state index in [1.54, 1.807) is 0 Å². The van der Waals surface area contributed by atoms with E-state index in [1.807, 2.05) is 0 Å². The van der Waals surface area contributed by atoms with Gasteiger partial charge in [0.05, 0.1) is 20.8 Å². The second-order valence-corrected chi connectivity index (χ2v) is 4.25. The third-order valence-electron chi connectivity index (χ3n) is 1.88. The summed E-state index contributed by atoms with van der Waals surface area (Å²) in [5.74, 6) is -1.38. The predicted molar refractivity (Wildman–Crippen MR) is 69.8 cm³/mol. The maximum Gasteiger partial charge on any atom is 0.335 e. The van der Waals surface area contributed by atoms with Crippen LogP contribution < -0.4 is 5.73 Å². The number of nitro benzene ring substituents is 1. The molecule has 0 fully saturated rings. The van der Waals surface area contributed by atoms with Crippen molar-refractivity contribution in [2.24, 2.45) is 10.7 Å². The lowest BCUT2D eigenvalue weighted by Crippen LogP contribution is -2.12. The third-order valence-corrected chi connectivity index (χ3v) is 2.76. The Labute approximate surface area is 115 Å². The second-order valence-electron chi connectivity index (χ2n) is 3.12. The molecule has 1 rings (SSSR count). The van der Waals surface area contributed by atoms with E-state index in [1.165, 1.54) is 6.07 Å². The largest absolute Gasteiger partial charge is 0.478 e. The average molecular weight is 337 g/mol. The average Bonchev–Trinajstić information content (AvgIpc) is 2.30. The number of rotatable bonds is 4. The molecule has 0 spiro atoms. The molecule has 0 unspecified atom stereocenters. The number of carboxylic acid groups (broad SMARTS) is 1. The summed E-state index contributed by atoms with van der Waals surface area (Å²) in [6.45, 7) is 0. The van der Waals surface area contributed by atoms with Crippen molar-refractivity contribution in [2.45, 2.75) is 0 Å². The minimum absolute atomic E-state index is 0.0106. The Balaban J connectivity index is 3.51. The minimum atomic E-state index is -1.28. The van der Waals surface area contributed by atoms with Gasteiger partial charge < -0.3 is 10.8 Å². The van der Waals surface area contributed by atoms with E-state index in [0.29, 0.717) is 0 Å². The first-order valence-electron chi connectivity index (χ1n) is 4.47. The van der Waals surface area contributed by atoms with Gasteiger partial charge >= 0.3 is 5.97 Å². The SMILES string of the molecule is NC(CCl)=Nc1c(Br)cc(C(=O)O)cc1[N+](=O)[O-]. The van der Waals surface area contributed by atoms with Gasteiger partial charge in [0.15, 0.2) is 5.69 Å². The number of nitro groups is 1. The van der Waals surface area contributed by atoms with Crippen LogP contribution in [0.5, 0.6) is 0 Å². The minimum Gasteiger partial charge on any atom is -0.478 e. The molecular weight excluding hydrogens is 329 g/mol. The smallest absolute Gasteiger partial charge is 0.335 e. The number of benzene rings is 1. The van der Waals surface area contributed by atoms with Crippen LogP contribution in [0.2, 0.25) is 0 Å². The van der Waals surface area contributed by atoms with Crippen LogP contribution in [0.1, 0.15) is 10.4 Å². The van der Waals surface area contributed by atoms with Gasteiger partial charge in [-0.15, -0.1) is 11.6 Å². The molecule has 0 radical (unpaired) electrons. The van der Waals surface area contributed by atoms with Crippen molar-refractivity contribution in [1.82, 2.24) is 0 Å². The topological polar surface area (TPSA) is 119 Å². The molecule has 0 aliphatic rings. The summed E-state index contributed by atoms with van der Waals surface area (Å²) in [4.78, 5) is 24.7. The Hall–Kier alpha value is -1.67. The molecule has 0 heterocycles. The molecule has 0 aliphatic heterocycles. The Morgan fingerprint density at radius 2 is 2.22 bits per heavy atom. The van der Waals surface area contributed by atoms with Gasteiger partial charge in [0.25, 0.3) is 5.69 Å². The van der Waals surface area contributed by atoms with Crippen LogP contribution in [0.3, 0.4) is 0 Å². The van der Waals surface area contributed by atoms with Gasteiger partial charge in [0, 0.05) is 6.07 Å². The molecule has 96 valence electrons. The molecule has 0 aromatic heterocycles. The van der Waals surface area contributed by atoms with Crippen LogP contribution >= 0.6 is 27.5 Å². The molecule has 0 atom stereocenters. The van der Waals surface area contributed by atoms with E-state index in [9.17, 15) is 14.9 Å². The molecular formula is C9H7BrClN3O4. The Bertz CT molecular complexity index is 547. The summed E-state index contributed by atoms with van der Waals surface area (Å²) in [5.41, 5.74) is 4.64. The van der Waals surface area contributed by atoms with Crippen LogP contribution in [-0.4, -0.2) is 27.7 Å². The maximum atomic E-state index is 10.9. The lowest BCUT2D eigenvalue weighted by molar-refractivity contribution is -0.384. The van der Waals surface area contributed by atoms with Gasteiger partial charge in [-0.1, -0.05) is 0 Å². The fourth-order valence-electron chi connectivity index (χ4n) is 1.13. The van der Waals surface area contributed by atoms with E-state index in [-0.39, 0.29) is 27.4 Å². The normalized spacial score (nSPS) is 11.3. The molecule has 0 amide bonds. The van der Waals surface area contributed by atoms with Gasteiger partial charge in [-0.25, -0.2) is 9.79 Å².